The predicted octanol–water partition coefficient (Wildman–Crippen LogP) is 1.38. The monoisotopic (exact) mass is 469 g/mol. The molecule has 10 nitrogen and oxygen atoms in total. The number of fused-ring (bicyclic) bond motifs is 5. The molecule has 3 aliphatic rings. The lowest BCUT2D eigenvalue weighted by molar-refractivity contribution is -0.384. The van der Waals surface area contributed by atoms with E-state index in [0.29, 0.717) is 0 Å². The number of non-ortho nitro benzene ring substituents is 1. The Bertz CT molecular complexity index is 1280. The highest BCUT2D eigenvalue weighted by molar-refractivity contribution is 7.89. The fourth-order valence-corrected chi connectivity index (χ4v) is 5.80. The Labute approximate surface area is 189 Å². The Morgan fingerprint density at radius 3 is 2.42 bits per heavy atom. The van der Waals surface area contributed by atoms with Crippen molar-refractivity contribution in [1.82, 2.24) is 9.62 Å². The highest BCUT2D eigenvalue weighted by Gasteiger charge is 2.67. The summed E-state index contributed by atoms with van der Waals surface area (Å²) in [6.07, 6.45) is 2.74. The van der Waals surface area contributed by atoms with E-state index in [4.69, 9.17) is 4.74 Å². The first-order valence-electron chi connectivity index (χ1n) is 10.2. The van der Waals surface area contributed by atoms with E-state index in [2.05, 4.69) is 4.72 Å². The van der Waals surface area contributed by atoms with Gasteiger partial charge in [0.2, 0.25) is 21.8 Å². The maximum absolute atomic E-state index is 13.2. The number of imide groups is 1. The standard InChI is InChI=1S/C22H19N3O7S/c26-20-18-17-10-11-22(32-17,19(18)21(27)24(20)12-14-4-2-1-3-5-14)13-23-33(30,31)16-8-6-15(7-9-16)25(28)29/h1-11,17-19,23H,12-13H2/t17-,18+,19-,22+/m0/s1. The molecule has 2 aromatic carbocycles. The highest BCUT2D eigenvalue weighted by atomic mass is 32.2. The SMILES string of the molecule is O=C1[C@@H]2[C@@H]3C=C[C@](CNS(=O)(=O)c4ccc([N+](=O)[O-])cc4)(O3)[C@@H]2C(=O)N1Cc1ccccc1. The first kappa shape index (κ1) is 21.4. The van der Waals surface area contributed by atoms with Gasteiger partial charge in [0.05, 0.1) is 34.3 Å². The number of hydrogen-bond donors (Lipinski definition) is 1. The average Bonchev–Trinajstić information content (AvgIpc) is 3.45. The molecule has 0 spiro atoms. The van der Waals surface area contributed by atoms with Crippen molar-refractivity contribution in [3.05, 3.63) is 82.4 Å². The van der Waals surface area contributed by atoms with Gasteiger partial charge in [-0.05, 0) is 17.7 Å². The van der Waals surface area contributed by atoms with Crippen LogP contribution in [0.15, 0.2) is 71.6 Å². The van der Waals surface area contributed by atoms with Gasteiger partial charge in [0.15, 0.2) is 0 Å². The minimum absolute atomic E-state index is 0.142. The van der Waals surface area contributed by atoms with Gasteiger partial charge in [-0.2, -0.15) is 0 Å². The largest absolute Gasteiger partial charge is 0.361 e. The van der Waals surface area contributed by atoms with Crippen LogP contribution in [0.5, 0.6) is 0 Å². The van der Waals surface area contributed by atoms with Gasteiger partial charge >= 0.3 is 0 Å². The molecule has 170 valence electrons. The van der Waals surface area contributed by atoms with E-state index >= 15 is 0 Å². The number of benzene rings is 2. The number of carbonyl (C=O) groups excluding carboxylic acids is 2. The van der Waals surface area contributed by atoms with E-state index in [-0.39, 0.29) is 29.6 Å². The Morgan fingerprint density at radius 1 is 1.06 bits per heavy atom. The zero-order valence-corrected chi connectivity index (χ0v) is 18.0. The molecule has 2 bridgehead atoms. The van der Waals surface area contributed by atoms with Crippen molar-refractivity contribution < 1.29 is 27.7 Å². The van der Waals surface area contributed by atoms with Gasteiger partial charge in [-0.15, -0.1) is 0 Å². The normalized spacial score (nSPS) is 27.9. The van der Waals surface area contributed by atoms with Crippen LogP contribution in [0.3, 0.4) is 0 Å². The number of rotatable bonds is 7. The minimum atomic E-state index is -4.04. The molecule has 2 aromatic rings. The molecule has 5 rings (SSSR count). The fourth-order valence-electron chi connectivity index (χ4n) is 4.73. The third kappa shape index (κ3) is 3.45. The van der Waals surface area contributed by atoms with Gasteiger partial charge in [0, 0.05) is 18.7 Å². The second-order valence-electron chi connectivity index (χ2n) is 8.22. The average molecular weight is 469 g/mol. The Hall–Kier alpha value is -3.41. The number of carbonyl (C=O) groups is 2. The molecule has 0 radical (unpaired) electrons. The van der Waals surface area contributed by atoms with Crippen molar-refractivity contribution >= 4 is 27.5 Å². The van der Waals surface area contributed by atoms with Crippen LogP contribution in [0.25, 0.3) is 0 Å². The summed E-state index contributed by atoms with van der Waals surface area (Å²) in [4.78, 5) is 37.5. The Balaban J connectivity index is 1.36. The van der Waals surface area contributed by atoms with Crippen molar-refractivity contribution in [3.63, 3.8) is 0 Å². The molecule has 3 aliphatic heterocycles. The zero-order valence-electron chi connectivity index (χ0n) is 17.2. The molecule has 2 amide bonds. The van der Waals surface area contributed by atoms with Crippen LogP contribution in [0, 0.1) is 22.0 Å². The van der Waals surface area contributed by atoms with E-state index in [1.807, 2.05) is 30.3 Å². The number of nitrogens with zero attached hydrogens (tertiary/aromatic N) is 2. The number of hydrogen-bond acceptors (Lipinski definition) is 7. The van der Waals surface area contributed by atoms with Crippen LogP contribution < -0.4 is 4.72 Å². The molecule has 3 heterocycles. The first-order chi connectivity index (χ1) is 15.7. The molecular formula is C22H19N3O7S. The van der Waals surface area contributed by atoms with Crippen LogP contribution >= 0.6 is 0 Å². The lowest BCUT2D eigenvalue weighted by atomic mass is 9.77. The van der Waals surface area contributed by atoms with Gasteiger partial charge in [-0.3, -0.25) is 24.6 Å². The van der Waals surface area contributed by atoms with Crippen LogP contribution in [0.2, 0.25) is 0 Å². The molecule has 4 atom stereocenters. The Morgan fingerprint density at radius 2 is 1.76 bits per heavy atom. The van der Waals surface area contributed by atoms with Crippen LogP contribution in [-0.4, -0.2) is 48.3 Å². The van der Waals surface area contributed by atoms with Crippen LogP contribution in [0.4, 0.5) is 5.69 Å². The molecule has 0 aliphatic carbocycles. The number of nitro benzene ring substituents is 1. The number of ether oxygens (including phenoxy) is 1. The summed E-state index contributed by atoms with van der Waals surface area (Å²) in [6, 6.07) is 13.6. The second-order valence-corrected chi connectivity index (χ2v) is 9.99. The number of sulfonamides is 1. The first-order valence-corrected chi connectivity index (χ1v) is 11.7. The van der Waals surface area contributed by atoms with E-state index in [0.717, 1.165) is 29.8 Å². The molecule has 0 aromatic heterocycles. The van der Waals surface area contributed by atoms with Crippen molar-refractivity contribution in [1.29, 1.82) is 0 Å². The molecule has 11 heteroatoms. The summed E-state index contributed by atoms with van der Waals surface area (Å²) in [7, 11) is -4.04. The van der Waals surface area contributed by atoms with E-state index in [1.165, 1.54) is 4.90 Å². The summed E-state index contributed by atoms with van der Waals surface area (Å²) < 4.78 is 33.9. The summed E-state index contributed by atoms with van der Waals surface area (Å²) in [5, 5.41) is 10.8. The predicted molar refractivity (Wildman–Crippen MR) is 114 cm³/mol. The maximum atomic E-state index is 13.2. The summed E-state index contributed by atoms with van der Waals surface area (Å²) in [6.45, 7) is -0.110. The number of amides is 2. The topological polar surface area (TPSA) is 136 Å². The minimum Gasteiger partial charge on any atom is -0.361 e. The zero-order chi connectivity index (χ0) is 23.4. The van der Waals surface area contributed by atoms with Crippen LogP contribution in [0.1, 0.15) is 5.56 Å². The van der Waals surface area contributed by atoms with E-state index in [1.54, 1.807) is 12.2 Å². The van der Waals surface area contributed by atoms with Crippen LogP contribution in [-0.2, 0) is 30.9 Å². The van der Waals surface area contributed by atoms with E-state index in [9.17, 15) is 28.1 Å². The van der Waals surface area contributed by atoms with Crippen molar-refractivity contribution in [2.75, 3.05) is 6.54 Å². The van der Waals surface area contributed by atoms with Crippen molar-refractivity contribution in [3.8, 4) is 0 Å². The van der Waals surface area contributed by atoms with Gasteiger partial charge in [-0.25, -0.2) is 13.1 Å². The second kappa shape index (κ2) is 7.58. The lowest BCUT2D eigenvalue weighted by Gasteiger charge is -2.29. The smallest absolute Gasteiger partial charge is 0.269 e. The fraction of sp³-hybridized carbons (Fsp3) is 0.273. The number of nitrogens with one attached hydrogen (secondary N) is 1. The summed E-state index contributed by atoms with van der Waals surface area (Å²) in [5.74, 6) is -2.25. The van der Waals surface area contributed by atoms with Gasteiger partial charge in [0.25, 0.3) is 5.69 Å². The van der Waals surface area contributed by atoms with Gasteiger partial charge in [-0.1, -0.05) is 42.5 Å². The van der Waals surface area contributed by atoms with Crippen molar-refractivity contribution in [2.45, 2.75) is 23.1 Å². The lowest BCUT2D eigenvalue weighted by Crippen LogP contribution is -2.48. The number of nitro groups is 1. The quantitative estimate of drug-likeness (QED) is 0.280. The number of likely N-dealkylation sites (tertiary alicyclic amines) is 1. The third-order valence-corrected chi connectivity index (χ3v) is 7.74. The maximum Gasteiger partial charge on any atom is 0.269 e. The van der Waals surface area contributed by atoms with Crippen molar-refractivity contribution in [2.24, 2.45) is 11.8 Å². The van der Waals surface area contributed by atoms with Gasteiger partial charge in [0.1, 0.15) is 5.60 Å². The Kier molecular flexibility index (Phi) is 4.92. The summed E-state index contributed by atoms with van der Waals surface area (Å²) >= 11 is 0. The molecule has 0 unspecified atom stereocenters. The molecule has 1 N–H and O–H groups in total. The molecule has 0 saturated carbocycles. The molecule has 2 saturated heterocycles. The van der Waals surface area contributed by atoms with E-state index < -0.39 is 44.4 Å². The van der Waals surface area contributed by atoms with Gasteiger partial charge < -0.3 is 4.74 Å². The highest BCUT2D eigenvalue weighted by Crippen LogP contribution is 2.51. The molecule has 2 fully saturated rings. The summed E-state index contributed by atoms with van der Waals surface area (Å²) in [5.41, 5.74) is -0.695. The molecule has 33 heavy (non-hydrogen) atoms. The third-order valence-electron chi connectivity index (χ3n) is 6.33. The molecular weight excluding hydrogens is 450 g/mol.